The van der Waals surface area contributed by atoms with Crippen molar-refractivity contribution in [3.63, 3.8) is 0 Å². The lowest BCUT2D eigenvalue weighted by atomic mass is 10.1. The minimum atomic E-state index is -1.41. The van der Waals surface area contributed by atoms with Gasteiger partial charge < -0.3 is 14.4 Å². The Hall–Kier alpha value is -2.10. The summed E-state index contributed by atoms with van der Waals surface area (Å²) in [4.78, 5) is 15.1. The lowest BCUT2D eigenvalue weighted by Gasteiger charge is -2.27. The van der Waals surface area contributed by atoms with Crippen molar-refractivity contribution in [3.05, 3.63) is 48.6 Å². The van der Waals surface area contributed by atoms with Gasteiger partial charge in [0.25, 0.3) is 5.91 Å². The van der Waals surface area contributed by atoms with Crippen molar-refractivity contribution in [2.24, 2.45) is 9.54 Å². The topological polar surface area (TPSA) is 97.0 Å². The van der Waals surface area contributed by atoms with Crippen molar-refractivity contribution in [1.82, 2.24) is 4.90 Å². The van der Waals surface area contributed by atoms with Crippen molar-refractivity contribution in [1.29, 1.82) is 0 Å². The molecule has 2 aliphatic rings. The van der Waals surface area contributed by atoms with Gasteiger partial charge in [0, 0.05) is 31.3 Å². The maximum Gasteiger partial charge on any atom is 0.255 e. The molecule has 1 aromatic rings. The third-order valence-electron chi connectivity index (χ3n) is 5.83. The lowest BCUT2D eigenvalue weighted by Crippen LogP contribution is -2.36. The molecule has 9 heteroatoms. The van der Waals surface area contributed by atoms with Gasteiger partial charge in [0.2, 0.25) is 0 Å². The van der Waals surface area contributed by atoms with E-state index >= 15 is 0 Å². The van der Waals surface area contributed by atoms with Crippen LogP contribution in [0.15, 0.2) is 47.4 Å². The average molecular weight is 491 g/mol. The number of piperidine rings is 1. The average Bonchev–Trinajstić information content (AvgIpc) is 3.34. The molecular formula is C24H34N4O3S2. The number of nitrogens with two attached hydrogens (primary N) is 1. The van der Waals surface area contributed by atoms with Gasteiger partial charge >= 0.3 is 0 Å². The summed E-state index contributed by atoms with van der Waals surface area (Å²) < 4.78 is 26.2. The zero-order valence-electron chi connectivity index (χ0n) is 19.0. The maximum absolute atomic E-state index is 13.2. The molecule has 180 valence electrons. The van der Waals surface area contributed by atoms with Crippen LogP contribution >= 0.6 is 12.1 Å². The van der Waals surface area contributed by atoms with Crippen molar-refractivity contribution in [2.75, 3.05) is 23.6 Å². The van der Waals surface area contributed by atoms with Crippen LogP contribution in [0.4, 0.5) is 5.69 Å². The second kappa shape index (κ2) is 13.6. The molecule has 3 rings (SSSR count). The summed E-state index contributed by atoms with van der Waals surface area (Å²) in [5.74, 6) is 0.996. The third-order valence-corrected chi connectivity index (χ3v) is 7.19. The first kappa shape index (κ1) is 25.5. The van der Waals surface area contributed by atoms with E-state index in [4.69, 9.17) is 9.88 Å². The van der Waals surface area contributed by atoms with E-state index in [1.165, 1.54) is 12.8 Å². The van der Waals surface area contributed by atoms with Crippen LogP contribution in [0, 0.1) is 0 Å². The molecule has 0 radical (unpaired) electrons. The van der Waals surface area contributed by atoms with Gasteiger partial charge in [-0.15, -0.1) is 0 Å². The van der Waals surface area contributed by atoms with Gasteiger partial charge in [-0.1, -0.05) is 18.7 Å². The molecule has 0 spiro atoms. The van der Waals surface area contributed by atoms with E-state index in [2.05, 4.69) is 15.7 Å². The summed E-state index contributed by atoms with van der Waals surface area (Å²) in [6, 6.07) is 5.47. The van der Waals surface area contributed by atoms with Crippen LogP contribution in [0.2, 0.25) is 0 Å². The lowest BCUT2D eigenvalue weighted by molar-refractivity contribution is 0.0725. The van der Waals surface area contributed by atoms with Gasteiger partial charge in [-0.3, -0.25) is 9.93 Å². The van der Waals surface area contributed by atoms with Crippen LogP contribution in [0.5, 0.6) is 5.75 Å². The number of likely N-dealkylation sites (tertiary alicyclic amines) is 1. The minimum Gasteiger partial charge on any atom is -0.490 e. The number of carbonyl (C=O) groups excluding carboxylic acids is 1. The summed E-state index contributed by atoms with van der Waals surface area (Å²) in [6.45, 7) is 5.17. The number of hydrogen-bond donors (Lipinski definition) is 2. The van der Waals surface area contributed by atoms with E-state index in [9.17, 15) is 9.00 Å². The second-order valence-corrected chi connectivity index (χ2v) is 9.97. The molecule has 1 aliphatic heterocycles. The van der Waals surface area contributed by atoms with E-state index < -0.39 is 11.0 Å². The Kier molecular flexibility index (Phi) is 10.5. The van der Waals surface area contributed by atoms with Gasteiger partial charge in [-0.05, 0) is 63.2 Å². The van der Waals surface area contributed by atoms with Crippen molar-refractivity contribution in [3.8, 4) is 5.75 Å². The van der Waals surface area contributed by atoms with Gasteiger partial charge in [0.05, 0.1) is 35.2 Å². The molecular weight excluding hydrogens is 456 g/mol. The van der Waals surface area contributed by atoms with E-state index in [1.807, 2.05) is 17.0 Å². The minimum absolute atomic E-state index is 0.0303. The standard InChI is InChI=1S/C24H34N4O3S2/c1-2-3-9-19(26-32-25)14-17-33(30)27-23-18-21(31-20-10-5-6-11-20)12-13-22(23)24(29)28-15-7-4-8-16-28/h2-3,9,12-13,18,20,27H,1,4-8,10-11,14-17,25H2/b9-3-,26-19-. The number of carbonyl (C=O) groups is 1. The second-order valence-electron chi connectivity index (χ2n) is 8.27. The van der Waals surface area contributed by atoms with Crippen LogP contribution in [0.25, 0.3) is 0 Å². The number of allylic oxidation sites excluding steroid dienone is 3. The molecule has 33 heavy (non-hydrogen) atoms. The molecule has 7 nitrogen and oxygen atoms in total. The first-order chi connectivity index (χ1) is 16.1. The number of rotatable bonds is 11. The Morgan fingerprint density at radius 3 is 2.73 bits per heavy atom. The highest BCUT2D eigenvalue weighted by molar-refractivity contribution is 7.95. The molecule has 0 aromatic heterocycles. The van der Waals surface area contributed by atoms with Gasteiger partial charge in [0.15, 0.2) is 0 Å². The number of nitrogens with one attached hydrogen (secondary N) is 1. The first-order valence-corrected chi connectivity index (χ1v) is 13.7. The number of hydrogen-bond acceptors (Lipinski definition) is 6. The number of ether oxygens (including phenoxy) is 1. The molecule has 1 amide bonds. The van der Waals surface area contributed by atoms with E-state index in [0.717, 1.165) is 63.0 Å². The Labute approximate surface area is 203 Å². The number of amides is 1. The van der Waals surface area contributed by atoms with Gasteiger partial charge in [-0.25, -0.2) is 8.61 Å². The zero-order valence-corrected chi connectivity index (χ0v) is 20.7. The van der Waals surface area contributed by atoms with Crippen LogP contribution in [-0.4, -0.2) is 45.7 Å². The smallest absolute Gasteiger partial charge is 0.255 e. The first-order valence-electron chi connectivity index (χ1n) is 11.6. The van der Waals surface area contributed by atoms with E-state index in [0.29, 0.717) is 29.2 Å². The molecule has 1 aliphatic carbocycles. The summed E-state index contributed by atoms with van der Waals surface area (Å²) in [5.41, 5.74) is 1.80. The normalized spacial score (nSPS) is 18.5. The largest absolute Gasteiger partial charge is 0.490 e. The monoisotopic (exact) mass is 490 g/mol. The molecule has 1 saturated heterocycles. The highest BCUT2D eigenvalue weighted by Crippen LogP contribution is 2.29. The highest BCUT2D eigenvalue weighted by atomic mass is 32.2. The molecule has 1 unspecified atom stereocenters. The summed E-state index contributed by atoms with van der Waals surface area (Å²) in [7, 11) is -1.41. The molecule has 1 saturated carbocycles. The van der Waals surface area contributed by atoms with Gasteiger partial charge in [-0.2, -0.15) is 0 Å². The van der Waals surface area contributed by atoms with Crippen molar-refractivity contribution in [2.45, 2.75) is 57.5 Å². The van der Waals surface area contributed by atoms with Crippen molar-refractivity contribution >= 4 is 40.4 Å². The van der Waals surface area contributed by atoms with E-state index in [-0.39, 0.29) is 12.0 Å². The number of nitrogens with zero attached hydrogens (tertiary/aromatic N) is 2. The number of benzene rings is 1. The van der Waals surface area contributed by atoms with Crippen LogP contribution in [0.3, 0.4) is 0 Å². The SMILES string of the molecule is C=C/C=C\C(CCS(=O)Nc1cc(OC2CCCC2)ccc1C(=O)N1CCCCC1)=N\SN. The molecule has 1 aromatic carbocycles. The fourth-order valence-electron chi connectivity index (χ4n) is 4.11. The number of anilines is 1. The summed E-state index contributed by atoms with van der Waals surface area (Å²) >= 11 is 0.871. The quantitative estimate of drug-likeness (QED) is 0.264. The zero-order chi connectivity index (χ0) is 23.5. The predicted molar refractivity (Wildman–Crippen MR) is 139 cm³/mol. The van der Waals surface area contributed by atoms with Crippen molar-refractivity contribution < 1.29 is 13.7 Å². The highest BCUT2D eigenvalue weighted by Gasteiger charge is 2.23. The summed E-state index contributed by atoms with van der Waals surface area (Å²) in [5, 5.41) is 5.46. The maximum atomic E-state index is 13.2. The third kappa shape index (κ3) is 8.01. The summed E-state index contributed by atoms with van der Waals surface area (Å²) in [6.07, 6.45) is 13.5. The Bertz CT molecular complexity index is 892. The van der Waals surface area contributed by atoms with Crippen LogP contribution in [0.1, 0.15) is 61.7 Å². The Balaban J connectivity index is 1.74. The van der Waals surface area contributed by atoms with Crippen LogP contribution in [-0.2, 0) is 11.0 Å². The Morgan fingerprint density at radius 2 is 2.03 bits per heavy atom. The predicted octanol–water partition coefficient (Wildman–Crippen LogP) is 4.80. The fourth-order valence-corrected chi connectivity index (χ4v) is 5.31. The fraction of sp³-hybridized carbons (Fsp3) is 0.500. The molecule has 1 heterocycles. The molecule has 3 N–H and O–H groups in total. The van der Waals surface area contributed by atoms with Crippen LogP contribution < -0.4 is 14.6 Å². The molecule has 1 atom stereocenters. The van der Waals surface area contributed by atoms with E-state index in [1.54, 1.807) is 24.3 Å². The Morgan fingerprint density at radius 1 is 1.27 bits per heavy atom. The molecule has 2 fully saturated rings. The van der Waals surface area contributed by atoms with Gasteiger partial charge in [0.1, 0.15) is 16.7 Å². The molecule has 0 bridgehead atoms.